The van der Waals surface area contributed by atoms with Crippen molar-refractivity contribution in [2.75, 3.05) is 10.6 Å². The van der Waals surface area contributed by atoms with Crippen molar-refractivity contribution in [3.8, 4) is 0 Å². The highest BCUT2D eigenvalue weighted by Crippen LogP contribution is 2.33. The third kappa shape index (κ3) is 6.11. The van der Waals surface area contributed by atoms with E-state index in [1.165, 1.54) is 13.0 Å². The molecule has 0 spiro atoms. The van der Waals surface area contributed by atoms with Crippen LogP contribution in [0, 0.1) is 25.6 Å². The van der Waals surface area contributed by atoms with Crippen LogP contribution in [0.5, 0.6) is 0 Å². The molecule has 1 aliphatic rings. The van der Waals surface area contributed by atoms with Gasteiger partial charge in [0.25, 0.3) is 5.91 Å². The summed E-state index contributed by atoms with van der Waals surface area (Å²) in [7, 11) is 0. The summed E-state index contributed by atoms with van der Waals surface area (Å²) in [6, 6.07) is 6.63. The summed E-state index contributed by atoms with van der Waals surface area (Å²) < 4.78 is 14.1. The first-order valence-electron chi connectivity index (χ1n) is 12.2. The third-order valence-corrected chi connectivity index (χ3v) is 6.92. The summed E-state index contributed by atoms with van der Waals surface area (Å²) in [6.07, 6.45) is 6.74. The lowest BCUT2D eigenvalue weighted by Gasteiger charge is -2.37. The molecule has 192 valence electrons. The number of anilines is 2. The fourth-order valence-corrected chi connectivity index (χ4v) is 4.93. The van der Waals surface area contributed by atoms with Gasteiger partial charge in [0.1, 0.15) is 11.4 Å². The Bertz CT molecular complexity index is 1150. The first kappa shape index (κ1) is 26.9. The van der Waals surface area contributed by atoms with Gasteiger partial charge in [0.15, 0.2) is 0 Å². The predicted octanol–water partition coefficient (Wildman–Crippen LogP) is 5.97. The van der Waals surface area contributed by atoms with Gasteiger partial charge in [0.05, 0.1) is 11.3 Å². The summed E-state index contributed by atoms with van der Waals surface area (Å²) >= 11 is 0. The van der Waals surface area contributed by atoms with Crippen LogP contribution >= 0.6 is 0 Å². The topological polar surface area (TPSA) is 108 Å². The minimum Gasteiger partial charge on any atom is -0.480 e. The molecule has 1 atom stereocenters. The quantitative estimate of drug-likeness (QED) is 0.339. The molecule has 0 saturated heterocycles. The minimum absolute atomic E-state index is 0.0235. The number of hydrogen-bond acceptors (Lipinski definition) is 3. The molecule has 1 aliphatic carbocycles. The number of carbonyl (C=O) groups excluding carboxylic acids is 2. The minimum atomic E-state index is -1.48. The standard InChI is InChI=1S/C28H34FN3O4/c1-5-9-19-14-17(2)24(18(3)15-19)31-27(36)30-23-16-21(29)12-13-22(23)25(33)32-28(4,26(34)35)20-10-7-6-8-11-20/h5,12-16,20H,1,6-11H2,2-4H3,(H,32,33)(H,34,35)(H2,30,31,36). The third-order valence-electron chi connectivity index (χ3n) is 6.92. The Morgan fingerprint density at radius 2 is 1.72 bits per heavy atom. The van der Waals surface area contributed by atoms with E-state index in [-0.39, 0.29) is 17.2 Å². The van der Waals surface area contributed by atoms with Crippen LogP contribution in [0.3, 0.4) is 0 Å². The van der Waals surface area contributed by atoms with Crippen molar-refractivity contribution < 1.29 is 23.9 Å². The highest BCUT2D eigenvalue weighted by atomic mass is 19.1. The molecule has 8 heteroatoms. The number of carbonyl (C=O) groups is 3. The van der Waals surface area contributed by atoms with Crippen LogP contribution in [0.2, 0.25) is 0 Å². The lowest BCUT2D eigenvalue weighted by Crippen LogP contribution is -2.57. The molecule has 3 rings (SSSR count). The van der Waals surface area contributed by atoms with Crippen molar-refractivity contribution >= 4 is 29.3 Å². The van der Waals surface area contributed by atoms with Crippen LogP contribution in [0.4, 0.5) is 20.6 Å². The first-order chi connectivity index (χ1) is 17.0. The van der Waals surface area contributed by atoms with Crippen molar-refractivity contribution in [3.05, 3.63) is 71.1 Å². The molecular weight excluding hydrogens is 461 g/mol. The SMILES string of the molecule is C=CCc1cc(C)c(NC(=O)Nc2cc(F)ccc2C(=O)NC(C)(C(=O)O)C2CCCCC2)c(C)c1. The number of halogens is 1. The van der Waals surface area contributed by atoms with Gasteiger partial charge in [-0.15, -0.1) is 6.58 Å². The van der Waals surface area contributed by atoms with E-state index in [1.54, 1.807) is 6.08 Å². The van der Waals surface area contributed by atoms with Crippen molar-refractivity contribution in [2.24, 2.45) is 5.92 Å². The van der Waals surface area contributed by atoms with Gasteiger partial charge in [-0.25, -0.2) is 14.0 Å². The molecular formula is C28H34FN3O4. The Morgan fingerprint density at radius 1 is 1.08 bits per heavy atom. The van der Waals surface area contributed by atoms with Gasteiger partial charge >= 0.3 is 12.0 Å². The van der Waals surface area contributed by atoms with E-state index in [1.807, 2.05) is 26.0 Å². The Balaban J connectivity index is 1.82. The number of benzene rings is 2. The number of hydrogen-bond donors (Lipinski definition) is 4. The Morgan fingerprint density at radius 3 is 2.31 bits per heavy atom. The molecule has 0 aliphatic heterocycles. The second-order valence-electron chi connectivity index (χ2n) is 9.66. The number of carboxylic acid groups (broad SMARTS) is 1. The monoisotopic (exact) mass is 495 g/mol. The molecule has 2 aromatic carbocycles. The second-order valence-corrected chi connectivity index (χ2v) is 9.66. The number of aliphatic carboxylic acids is 1. The predicted molar refractivity (Wildman–Crippen MR) is 139 cm³/mol. The van der Waals surface area contributed by atoms with E-state index in [2.05, 4.69) is 22.5 Å². The lowest BCUT2D eigenvalue weighted by atomic mass is 9.75. The fraction of sp³-hybridized carbons (Fsp3) is 0.393. The van der Waals surface area contributed by atoms with Crippen molar-refractivity contribution in [1.29, 1.82) is 0 Å². The molecule has 3 amide bonds. The van der Waals surface area contributed by atoms with Gasteiger partial charge in [-0.2, -0.15) is 0 Å². The zero-order valence-corrected chi connectivity index (χ0v) is 21.0. The number of nitrogens with one attached hydrogen (secondary N) is 3. The van der Waals surface area contributed by atoms with Crippen LogP contribution in [-0.2, 0) is 11.2 Å². The highest BCUT2D eigenvalue weighted by molar-refractivity contribution is 6.08. The van der Waals surface area contributed by atoms with Crippen LogP contribution in [0.1, 0.15) is 66.1 Å². The van der Waals surface area contributed by atoms with E-state index >= 15 is 0 Å². The highest BCUT2D eigenvalue weighted by Gasteiger charge is 2.43. The average Bonchev–Trinajstić information content (AvgIpc) is 2.82. The molecule has 4 N–H and O–H groups in total. The first-order valence-corrected chi connectivity index (χ1v) is 12.2. The lowest BCUT2D eigenvalue weighted by molar-refractivity contribution is -0.146. The molecule has 1 saturated carbocycles. The maximum absolute atomic E-state index is 14.1. The van der Waals surface area contributed by atoms with Crippen LogP contribution in [-0.4, -0.2) is 28.6 Å². The average molecular weight is 496 g/mol. The molecule has 2 aromatic rings. The number of urea groups is 1. The van der Waals surface area contributed by atoms with E-state index in [0.717, 1.165) is 48.1 Å². The van der Waals surface area contributed by atoms with Gasteiger partial charge in [-0.05, 0) is 80.8 Å². The molecule has 0 aromatic heterocycles. The zero-order valence-electron chi connectivity index (χ0n) is 21.0. The second kappa shape index (κ2) is 11.4. The Hall–Kier alpha value is -3.68. The Labute approximate surface area is 211 Å². The van der Waals surface area contributed by atoms with Crippen molar-refractivity contribution in [2.45, 2.75) is 64.8 Å². The molecule has 1 fully saturated rings. The Kier molecular flexibility index (Phi) is 8.50. The molecule has 0 bridgehead atoms. The maximum atomic E-state index is 14.1. The van der Waals surface area contributed by atoms with E-state index in [9.17, 15) is 23.9 Å². The van der Waals surface area contributed by atoms with Crippen LogP contribution in [0.15, 0.2) is 43.0 Å². The molecule has 0 radical (unpaired) electrons. The van der Waals surface area contributed by atoms with E-state index < -0.39 is 29.3 Å². The van der Waals surface area contributed by atoms with Gasteiger partial charge in [-0.3, -0.25) is 4.79 Å². The normalized spacial score (nSPS) is 15.4. The fourth-order valence-electron chi connectivity index (χ4n) is 4.93. The summed E-state index contributed by atoms with van der Waals surface area (Å²) in [4.78, 5) is 38.2. The maximum Gasteiger partial charge on any atom is 0.329 e. The summed E-state index contributed by atoms with van der Waals surface area (Å²) in [6.45, 7) is 8.99. The van der Waals surface area contributed by atoms with E-state index in [4.69, 9.17) is 0 Å². The summed E-state index contributed by atoms with van der Waals surface area (Å²) in [5.74, 6) is -2.68. The number of aryl methyl sites for hydroxylation is 2. The number of amides is 3. The van der Waals surface area contributed by atoms with Gasteiger partial charge < -0.3 is 21.1 Å². The molecule has 0 heterocycles. The largest absolute Gasteiger partial charge is 0.480 e. The number of allylic oxidation sites excluding steroid dienone is 1. The number of carboxylic acids is 1. The van der Waals surface area contributed by atoms with Crippen molar-refractivity contribution in [3.63, 3.8) is 0 Å². The van der Waals surface area contributed by atoms with Crippen LogP contribution in [0.25, 0.3) is 0 Å². The van der Waals surface area contributed by atoms with E-state index in [0.29, 0.717) is 24.9 Å². The molecule has 36 heavy (non-hydrogen) atoms. The summed E-state index contributed by atoms with van der Waals surface area (Å²) in [5.41, 5.74) is 1.82. The molecule has 1 unspecified atom stereocenters. The number of rotatable bonds is 8. The molecule has 7 nitrogen and oxygen atoms in total. The van der Waals surface area contributed by atoms with Gasteiger partial charge in [0, 0.05) is 5.69 Å². The van der Waals surface area contributed by atoms with Crippen LogP contribution < -0.4 is 16.0 Å². The van der Waals surface area contributed by atoms with Gasteiger partial charge in [0.2, 0.25) is 0 Å². The van der Waals surface area contributed by atoms with Gasteiger partial charge in [-0.1, -0.05) is 37.5 Å². The van der Waals surface area contributed by atoms with Crippen molar-refractivity contribution in [1.82, 2.24) is 5.32 Å². The zero-order chi connectivity index (χ0) is 26.5. The summed E-state index contributed by atoms with van der Waals surface area (Å²) in [5, 5.41) is 17.9. The smallest absolute Gasteiger partial charge is 0.329 e.